The lowest BCUT2D eigenvalue weighted by Gasteiger charge is -2.24. The van der Waals surface area contributed by atoms with Crippen LogP contribution >= 0.6 is 35.7 Å². The van der Waals surface area contributed by atoms with Crippen LogP contribution in [0.5, 0.6) is 0 Å². The van der Waals surface area contributed by atoms with Crippen molar-refractivity contribution in [3.63, 3.8) is 0 Å². The molecule has 1 rings (SSSR count). The van der Waals surface area contributed by atoms with Crippen LogP contribution in [0.2, 0.25) is 0 Å². The molecule has 0 heterocycles. The van der Waals surface area contributed by atoms with Crippen molar-refractivity contribution in [2.24, 2.45) is 4.99 Å². The number of nitrogens with one attached hydrogen (secondary N) is 1. The lowest BCUT2D eigenvalue weighted by molar-refractivity contribution is -0.157. The average Bonchev–Trinajstić information content (AvgIpc) is 2.54. The van der Waals surface area contributed by atoms with Crippen LogP contribution in [0.25, 0.3) is 0 Å². The summed E-state index contributed by atoms with van der Waals surface area (Å²) < 4.78 is 36.9. The zero-order valence-electron chi connectivity index (χ0n) is 15.1. The minimum absolute atomic E-state index is 0. The zero-order chi connectivity index (χ0) is 19.0. The molecule has 0 fully saturated rings. The second-order valence-corrected chi connectivity index (χ2v) is 6.35. The molecule has 0 aliphatic carbocycles. The van der Waals surface area contributed by atoms with Gasteiger partial charge in [0.25, 0.3) is 0 Å². The number of carbonyl (C=O) groups excluding carboxylic acids is 1. The zero-order valence-corrected chi connectivity index (χ0v) is 18.3. The Bertz CT molecular complexity index is 596. The van der Waals surface area contributed by atoms with Gasteiger partial charge in [0.1, 0.15) is 6.54 Å². The van der Waals surface area contributed by atoms with E-state index in [9.17, 15) is 18.0 Å². The summed E-state index contributed by atoms with van der Waals surface area (Å²) in [5.41, 5.74) is 1.06. The van der Waals surface area contributed by atoms with Crippen molar-refractivity contribution in [1.82, 2.24) is 15.1 Å². The van der Waals surface area contributed by atoms with Crippen molar-refractivity contribution in [3.05, 3.63) is 29.8 Å². The molecule has 1 amide bonds. The van der Waals surface area contributed by atoms with E-state index in [-0.39, 0.29) is 30.5 Å². The lowest BCUT2D eigenvalue weighted by atomic mass is 10.2. The minimum Gasteiger partial charge on any atom is -0.347 e. The van der Waals surface area contributed by atoms with E-state index in [0.29, 0.717) is 17.4 Å². The van der Waals surface area contributed by atoms with Crippen molar-refractivity contribution >= 4 is 47.6 Å². The van der Waals surface area contributed by atoms with Crippen LogP contribution in [0.1, 0.15) is 5.56 Å². The predicted molar refractivity (Wildman–Crippen MR) is 110 cm³/mol. The number of guanidine groups is 1. The molecule has 5 nitrogen and oxygen atoms in total. The van der Waals surface area contributed by atoms with Gasteiger partial charge in [-0.25, -0.2) is 0 Å². The number of hydrogen-bond acceptors (Lipinski definition) is 3. The van der Waals surface area contributed by atoms with Gasteiger partial charge in [-0.15, -0.1) is 35.7 Å². The Morgan fingerprint density at radius 3 is 2.23 bits per heavy atom. The van der Waals surface area contributed by atoms with E-state index in [0.717, 1.165) is 17.5 Å². The Morgan fingerprint density at radius 1 is 1.19 bits per heavy atom. The third kappa shape index (κ3) is 8.97. The van der Waals surface area contributed by atoms with Crippen LogP contribution in [0, 0.1) is 0 Å². The Balaban J connectivity index is 0.00000625. The third-order valence-electron chi connectivity index (χ3n) is 3.39. The quantitative estimate of drug-likeness (QED) is 0.280. The molecule has 26 heavy (non-hydrogen) atoms. The Kier molecular flexibility index (Phi) is 11.0. The number of aliphatic imine (C=N–C) groups is 1. The van der Waals surface area contributed by atoms with Crippen LogP contribution in [0.4, 0.5) is 13.2 Å². The second-order valence-electron chi connectivity index (χ2n) is 5.47. The molecule has 0 aromatic heterocycles. The summed E-state index contributed by atoms with van der Waals surface area (Å²) >= 11 is 1.65. The topological polar surface area (TPSA) is 47.9 Å². The van der Waals surface area contributed by atoms with E-state index >= 15 is 0 Å². The van der Waals surface area contributed by atoms with Gasteiger partial charge < -0.3 is 15.1 Å². The monoisotopic (exact) mass is 504 g/mol. The summed E-state index contributed by atoms with van der Waals surface area (Å²) in [7, 11) is 4.47. The number of halogens is 4. The maximum absolute atomic E-state index is 12.3. The predicted octanol–water partition coefficient (Wildman–Crippen LogP) is 3.05. The third-order valence-corrected chi connectivity index (χ3v) is 4.14. The highest BCUT2D eigenvalue weighted by molar-refractivity contribution is 14.0. The largest absolute Gasteiger partial charge is 0.406 e. The SMILES string of the molecule is CN=C(NCC(=O)N(C)CC(F)(F)F)N(C)Cc1ccc(SC)cc1.I. The molecule has 0 unspecified atom stereocenters. The van der Waals surface area contributed by atoms with Gasteiger partial charge in [-0.1, -0.05) is 12.1 Å². The van der Waals surface area contributed by atoms with Gasteiger partial charge in [0, 0.05) is 32.6 Å². The van der Waals surface area contributed by atoms with Gasteiger partial charge in [0.15, 0.2) is 5.96 Å². The second kappa shape index (κ2) is 11.5. The molecule has 0 atom stereocenters. The van der Waals surface area contributed by atoms with Crippen molar-refractivity contribution in [3.8, 4) is 0 Å². The first-order valence-corrected chi connectivity index (χ1v) is 8.74. The number of amides is 1. The highest BCUT2D eigenvalue weighted by atomic mass is 127. The van der Waals surface area contributed by atoms with Crippen LogP contribution in [-0.2, 0) is 11.3 Å². The number of carbonyl (C=O) groups is 1. The normalized spacial score (nSPS) is 11.6. The van der Waals surface area contributed by atoms with Gasteiger partial charge in [-0.3, -0.25) is 9.79 Å². The molecule has 0 saturated heterocycles. The van der Waals surface area contributed by atoms with Crippen molar-refractivity contribution in [2.45, 2.75) is 17.6 Å². The molecule has 148 valence electrons. The molecule has 10 heteroatoms. The lowest BCUT2D eigenvalue weighted by Crippen LogP contribution is -2.45. The summed E-state index contributed by atoms with van der Waals surface area (Å²) in [5.74, 6) is -0.223. The highest BCUT2D eigenvalue weighted by Crippen LogP contribution is 2.16. The Labute approximate surface area is 173 Å². The molecular formula is C16H24F3IN4OS. The summed E-state index contributed by atoms with van der Waals surface area (Å²) in [5, 5.41) is 2.79. The maximum Gasteiger partial charge on any atom is 0.406 e. The van der Waals surface area contributed by atoms with E-state index < -0.39 is 18.6 Å². The van der Waals surface area contributed by atoms with Crippen molar-refractivity contribution in [2.75, 3.05) is 40.5 Å². The first-order chi connectivity index (χ1) is 11.7. The number of alkyl halides is 3. The molecule has 0 aliphatic rings. The number of likely N-dealkylation sites (N-methyl/N-ethyl adjacent to an activating group) is 1. The smallest absolute Gasteiger partial charge is 0.347 e. The average molecular weight is 504 g/mol. The minimum atomic E-state index is -4.41. The number of hydrogen-bond donors (Lipinski definition) is 1. The molecule has 0 bridgehead atoms. The fourth-order valence-electron chi connectivity index (χ4n) is 2.11. The van der Waals surface area contributed by atoms with Crippen molar-refractivity contribution in [1.29, 1.82) is 0 Å². The fourth-order valence-corrected chi connectivity index (χ4v) is 2.52. The molecule has 1 aromatic rings. The number of thioether (sulfide) groups is 1. The summed E-state index contributed by atoms with van der Waals surface area (Å²) in [6.45, 7) is -0.973. The first-order valence-electron chi connectivity index (χ1n) is 7.51. The molecule has 0 spiro atoms. The highest BCUT2D eigenvalue weighted by Gasteiger charge is 2.31. The van der Waals surface area contributed by atoms with Crippen LogP contribution in [-0.4, -0.2) is 68.3 Å². The summed E-state index contributed by atoms with van der Waals surface area (Å²) in [4.78, 5) is 19.4. The first kappa shape index (κ1) is 24.8. The van der Waals surface area contributed by atoms with Gasteiger partial charge in [-0.05, 0) is 24.0 Å². The number of nitrogens with zero attached hydrogens (tertiary/aromatic N) is 3. The molecule has 0 saturated carbocycles. The number of benzene rings is 1. The number of rotatable bonds is 6. The van der Waals surface area contributed by atoms with E-state index in [1.807, 2.05) is 30.5 Å². The van der Waals surface area contributed by atoms with Gasteiger partial charge in [-0.2, -0.15) is 13.2 Å². The van der Waals surface area contributed by atoms with Crippen LogP contribution in [0.3, 0.4) is 0 Å². The molecule has 0 aliphatic heterocycles. The molecule has 1 aromatic carbocycles. The maximum atomic E-state index is 12.3. The van der Waals surface area contributed by atoms with E-state index in [1.54, 1.807) is 30.8 Å². The molecule has 1 N–H and O–H groups in total. The fraction of sp³-hybridized carbons (Fsp3) is 0.500. The van der Waals surface area contributed by atoms with E-state index in [2.05, 4.69) is 10.3 Å². The Morgan fingerprint density at radius 2 is 1.77 bits per heavy atom. The van der Waals surface area contributed by atoms with E-state index in [4.69, 9.17) is 0 Å². The molecule has 0 radical (unpaired) electrons. The van der Waals surface area contributed by atoms with E-state index in [1.165, 1.54) is 0 Å². The van der Waals surface area contributed by atoms with Crippen LogP contribution < -0.4 is 5.32 Å². The van der Waals surface area contributed by atoms with Gasteiger partial charge in [0.05, 0.1) is 6.54 Å². The van der Waals surface area contributed by atoms with Crippen molar-refractivity contribution < 1.29 is 18.0 Å². The summed E-state index contributed by atoms with van der Waals surface area (Å²) in [6.07, 6.45) is -2.41. The van der Waals surface area contributed by atoms with Gasteiger partial charge >= 0.3 is 6.18 Å². The van der Waals surface area contributed by atoms with Crippen LogP contribution in [0.15, 0.2) is 34.2 Å². The molecular weight excluding hydrogens is 480 g/mol. The standard InChI is InChI=1S/C16H23F3N4OS.HI/c1-20-15(21-9-14(24)23(3)11-16(17,18)19)22(2)10-12-5-7-13(25-4)8-6-12;/h5-8H,9-11H2,1-4H3,(H,20,21);1H. The Hall–Kier alpha value is -1.17. The summed E-state index contributed by atoms with van der Waals surface area (Å²) in [6, 6.07) is 8.02. The van der Waals surface area contributed by atoms with Gasteiger partial charge in [0.2, 0.25) is 5.91 Å².